The zero-order chi connectivity index (χ0) is 16.0. The molecule has 1 unspecified atom stereocenters. The fraction of sp³-hybridized carbons (Fsp3) is 0.375. The molecule has 120 valence electrons. The highest BCUT2D eigenvalue weighted by Gasteiger charge is 2.32. The minimum atomic E-state index is -0.297. The highest BCUT2D eigenvalue weighted by atomic mass is 35.5. The van der Waals surface area contributed by atoms with E-state index in [2.05, 4.69) is 10.4 Å². The zero-order valence-electron chi connectivity index (χ0n) is 12.5. The van der Waals surface area contributed by atoms with E-state index in [0.29, 0.717) is 43.4 Å². The zero-order valence-corrected chi connectivity index (χ0v) is 13.3. The quantitative estimate of drug-likeness (QED) is 0.838. The van der Waals surface area contributed by atoms with E-state index in [9.17, 15) is 4.79 Å². The van der Waals surface area contributed by atoms with Gasteiger partial charge in [0.2, 0.25) is 0 Å². The average molecular weight is 333 g/mol. The number of nitrogens with zero attached hydrogens (tertiary/aromatic N) is 2. The Labute approximate surface area is 138 Å². The number of rotatable bonds is 1. The minimum Gasteiger partial charge on any atom is -0.384 e. The first-order valence-corrected chi connectivity index (χ1v) is 8.05. The number of anilines is 2. The lowest BCUT2D eigenvalue weighted by Gasteiger charge is -2.26. The Morgan fingerprint density at radius 2 is 2.35 bits per heavy atom. The highest BCUT2D eigenvalue weighted by molar-refractivity contribution is 6.33. The smallest absolute Gasteiger partial charge is 0.256 e. The summed E-state index contributed by atoms with van der Waals surface area (Å²) < 4.78 is 6.74. The Bertz CT molecular complexity index is 787. The molecule has 1 aromatic carbocycles. The Kier molecular flexibility index (Phi) is 3.50. The van der Waals surface area contributed by atoms with Crippen LogP contribution in [0.5, 0.6) is 0 Å². The third-order valence-electron chi connectivity index (χ3n) is 4.50. The Morgan fingerprint density at radius 3 is 3.17 bits per heavy atom. The molecule has 2 aliphatic rings. The summed E-state index contributed by atoms with van der Waals surface area (Å²) in [5.74, 6) is 0.0341. The molecular weight excluding hydrogens is 316 g/mol. The van der Waals surface area contributed by atoms with Crippen LogP contribution in [0.3, 0.4) is 0 Å². The van der Waals surface area contributed by atoms with Gasteiger partial charge in [0.05, 0.1) is 35.5 Å². The lowest BCUT2D eigenvalue weighted by molar-refractivity contribution is 0.0854. The van der Waals surface area contributed by atoms with E-state index in [1.807, 2.05) is 18.2 Å². The largest absolute Gasteiger partial charge is 0.384 e. The summed E-state index contributed by atoms with van der Waals surface area (Å²) in [6.07, 6.45) is 1.38. The van der Waals surface area contributed by atoms with Gasteiger partial charge in [-0.3, -0.25) is 4.79 Å². The third kappa shape index (κ3) is 2.29. The molecule has 0 spiro atoms. The molecule has 0 radical (unpaired) electrons. The number of carbonyl (C=O) groups excluding carboxylic acids is 1. The molecule has 1 aromatic heterocycles. The predicted molar refractivity (Wildman–Crippen MR) is 87.9 cm³/mol. The van der Waals surface area contributed by atoms with Crippen molar-refractivity contribution in [1.82, 2.24) is 9.78 Å². The van der Waals surface area contributed by atoms with Crippen LogP contribution in [0.2, 0.25) is 5.02 Å². The summed E-state index contributed by atoms with van der Waals surface area (Å²) in [6, 6.07) is 5.61. The minimum absolute atomic E-state index is 0.109. The number of carbonyl (C=O) groups is 1. The second-order valence-electron chi connectivity index (χ2n) is 5.84. The summed E-state index contributed by atoms with van der Waals surface area (Å²) in [5, 5.41) is 8.28. The van der Waals surface area contributed by atoms with Gasteiger partial charge in [0.1, 0.15) is 5.82 Å². The molecule has 4 rings (SSSR count). The molecule has 2 aliphatic heterocycles. The van der Waals surface area contributed by atoms with Crippen molar-refractivity contribution in [3.05, 3.63) is 40.0 Å². The normalized spacial score (nSPS) is 19.6. The number of aromatic nitrogens is 2. The fourth-order valence-electron chi connectivity index (χ4n) is 3.33. The first-order chi connectivity index (χ1) is 11.2. The van der Waals surface area contributed by atoms with Gasteiger partial charge in [-0.15, -0.1) is 0 Å². The van der Waals surface area contributed by atoms with Gasteiger partial charge in [-0.25, -0.2) is 0 Å². The Hall–Kier alpha value is -2.05. The van der Waals surface area contributed by atoms with Gasteiger partial charge in [0.25, 0.3) is 5.91 Å². The van der Waals surface area contributed by atoms with Crippen molar-refractivity contribution in [2.24, 2.45) is 0 Å². The van der Waals surface area contributed by atoms with E-state index in [-0.39, 0.29) is 11.8 Å². The molecule has 0 saturated carbocycles. The van der Waals surface area contributed by atoms with E-state index in [0.717, 1.165) is 22.5 Å². The van der Waals surface area contributed by atoms with Crippen LogP contribution >= 0.6 is 11.6 Å². The summed E-state index contributed by atoms with van der Waals surface area (Å²) >= 11 is 6.23. The van der Waals surface area contributed by atoms with Crippen LogP contribution in [0.1, 0.15) is 34.0 Å². The van der Waals surface area contributed by atoms with Gasteiger partial charge in [-0.2, -0.15) is 9.78 Å². The molecule has 0 aliphatic carbocycles. The van der Waals surface area contributed by atoms with Crippen molar-refractivity contribution in [2.45, 2.75) is 25.4 Å². The van der Waals surface area contributed by atoms with Crippen LogP contribution in [-0.2, 0) is 17.8 Å². The average Bonchev–Trinajstić information content (AvgIpc) is 2.92. The van der Waals surface area contributed by atoms with Crippen LogP contribution in [0.15, 0.2) is 18.2 Å². The highest BCUT2D eigenvalue weighted by Crippen LogP contribution is 2.38. The molecule has 0 bridgehead atoms. The van der Waals surface area contributed by atoms with E-state index in [1.54, 1.807) is 0 Å². The number of ether oxygens (including phenoxy) is 1. The summed E-state index contributed by atoms with van der Waals surface area (Å²) in [5.41, 5.74) is 9.60. The number of hydrogen-bond acceptors (Lipinski definition) is 5. The van der Waals surface area contributed by atoms with Gasteiger partial charge < -0.3 is 15.8 Å². The molecule has 3 heterocycles. The second kappa shape index (κ2) is 5.54. The fourth-order valence-corrected chi connectivity index (χ4v) is 3.58. The number of hydrogen-bond donors (Lipinski definition) is 2. The molecule has 6 nitrogen and oxygen atoms in total. The van der Waals surface area contributed by atoms with Crippen molar-refractivity contribution in [3.8, 4) is 0 Å². The lowest BCUT2D eigenvalue weighted by atomic mass is 9.90. The maximum Gasteiger partial charge on any atom is 0.256 e. The number of benzene rings is 1. The molecule has 1 atom stereocenters. The van der Waals surface area contributed by atoms with Gasteiger partial charge in [0, 0.05) is 18.5 Å². The van der Waals surface area contributed by atoms with Crippen LogP contribution < -0.4 is 11.1 Å². The SMILES string of the molecule is Nc1c2c(nn1C(=O)C1CCNc3c(Cl)cccc31)COCC2. The van der Waals surface area contributed by atoms with Crippen molar-refractivity contribution in [3.63, 3.8) is 0 Å². The topological polar surface area (TPSA) is 82.2 Å². The maximum absolute atomic E-state index is 13.0. The van der Waals surface area contributed by atoms with E-state index >= 15 is 0 Å². The number of para-hydroxylation sites is 1. The van der Waals surface area contributed by atoms with Crippen LogP contribution in [0, 0.1) is 0 Å². The Balaban J connectivity index is 1.74. The summed E-state index contributed by atoms with van der Waals surface area (Å²) in [7, 11) is 0. The van der Waals surface area contributed by atoms with Gasteiger partial charge >= 0.3 is 0 Å². The van der Waals surface area contributed by atoms with E-state index in [4.69, 9.17) is 22.1 Å². The first-order valence-electron chi connectivity index (χ1n) is 7.67. The van der Waals surface area contributed by atoms with Gasteiger partial charge in [0.15, 0.2) is 0 Å². The summed E-state index contributed by atoms with van der Waals surface area (Å²) in [4.78, 5) is 13.0. The Morgan fingerprint density at radius 1 is 1.48 bits per heavy atom. The molecule has 3 N–H and O–H groups in total. The standard InChI is InChI=1S/C16H17ClN4O2/c17-12-3-1-2-9-10(4-6-19-14(9)12)16(22)21-15(18)11-5-7-23-8-13(11)20-21/h1-3,10,19H,4-8,18H2. The van der Waals surface area contributed by atoms with Crippen LogP contribution in [0.25, 0.3) is 0 Å². The number of nitrogens with one attached hydrogen (secondary N) is 1. The number of nitrogens with two attached hydrogens (primary N) is 1. The molecule has 2 aromatic rings. The number of nitrogen functional groups attached to an aromatic ring is 1. The second-order valence-corrected chi connectivity index (χ2v) is 6.24. The van der Waals surface area contributed by atoms with E-state index in [1.165, 1.54) is 4.68 Å². The predicted octanol–water partition coefficient (Wildman–Crippen LogP) is 2.43. The molecule has 0 amide bonds. The molecule has 0 fully saturated rings. The molecule has 0 saturated heterocycles. The number of halogens is 1. The van der Waals surface area contributed by atoms with Crippen molar-refractivity contribution in [2.75, 3.05) is 24.2 Å². The van der Waals surface area contributed by atoms with Gasteiger partial charge in [-0.05, 0) is 18.1 Å². The van der Waals surface area contributed by atoms with Crippen molar-refractivity contribution in [1.29, 1.82) is 0 Å². The van der Waals surface area contributed by atoms with Crippen LogP contribution in [0.4, 0.5) is 11.5 Å². The van der Waals surface area contributed by atoms with Crippen molar-refractivity contribution < 1.29 is 9.53 Å². The monoisotopic (exact) mass is 332 g/mol. The summed E-state index contributed by atoms with van der Waals surface area (Å²) in [6.45, 7) is 1.72. The molecule has 23 heavy (non-hydrogen) atoms. The third-order valence-corrected chi connectivity index (χ3v) is 4.82. The van der Waals surface area contributed by atoms with Crippen LogP contribution in [-0.4, -0.2) is 28.8 Å². The lowest BCUT2D eigenvalue weighted by Crippen LogP contribution is -2.28. The molecule has 7 heteroatoms. The first kappa shape index (κ1) is 14.5. The molecular formula is C16H17ClN4O2. The van der Waals surface area contributed by atoms with Crippen molar-refractivity contribution >= 4 is 29.0 Å². The van der Waals surface area contributed by atoms with Gasteiger partial charge in [-0.1, -0.05) is 23.7 Å². The van der Waals surface area contributed by atoms with E-state index < -0.39 is 0 Å². The number of fused-ring (bicyclic) bond motifs is 2. The maximum atomic E-state index is 13.0.